The molecule has 5 nitrogen and oxygen atoms in total. The highest BCUT2D eigenvalue weighted by atomic mass is 32.2. The van der Waals surface area contributed by atoms with E-state index in [9.17, 15) is 0 Å². The van der Waals surface area contributed by atoms with Gasteiger partial charge < -0.3 is 23.8 Å². The predicted molar refractivity (Wildman–Crippen MR) is 267 cm³/mol. The number of fused-ring (bicyclic) bond motifs is 11. The second kappa shape index (κ2) is 15.6. The highest BCUT2D eigenvalue weighted by Gasteiger charge is 2.57. The van der Waals surface area contributed by atoms with Gasteiger partial charge >= 0.3 is 0 Å². The van der Waals surface area contributed by atoms with Crippen LogP contribution >= 0.6 is 11.8 Å². The lowest BCUT2D eigenvalue weighted by Crippen LogP contribution is -2.47. The summed E-state index contributed by atoms with van der Waals surface area (Å²) in [6.07, 6.45) is 21.3. The Bertz CT molecular complexity index is 2630. The van der Waals surface area contributed by atoms with Crippen molar-refractivity contribution in [2.45, 2.75) is 132 Å². The van der Waals surface area contributed by atoms with Crippen LogP contribution in [0.5, 0.6) is 17.2 Å². The molecule has 6 heteroatoms. The average molecular weight is 886 g/mol. The van der Waals surface area contributed by atoms with E-state index in [0.717, 1.165) is 67.5 Å². The molecular weight excluding hydrogens is 819 g/mol. The van der Waals surface area contributed by atoms with Crippen LogP contribution in [0, 0.1) is 22.7 Å². The van der Waals surface area contributed by atoms with Crippen LogP contribution < -0.4 is 19.1 Å². The Morgan fingerprint density at radius 1 is 0.677 bits per heavy atom. The maximum atomic E-state index is 8.06. The van der Waals surface area contributed by atoms with Crippen LogP contribution in [-0.2, 0) is 15.8 Å². The summed E-state index contributed by atoms with van der Waals surface area (Å²) in [5.41, 5.74) is 9.62. The quantitative estimate of drug-likeness (QED) is 0.169. The lowest BCUT2D eigenvalue weighted by Gasteiger charge is -2.52. The Morgan fingerprint density at radius 2 is 1.31 bits per heavy atom. The van der Waals surface area contributed by atoms with Gasteiger partial charge in [-0.1, -0.05) is 133 Å². The van der Waals surface area contributed by atoms with Crippen molar-refractivity contribution in [2.24, 2.45) is 22.7 Å². The van der Waals surface area contributed by atoms with Crippen molar-refractivity contribution < 1.29 is 18.9 Å². The van der Waals surface area contributed by atoms with Crippen LogP contribution in [0.4, 0.5) is 5.69 Å². The van der Waals surface area contributed by atoms with E-state index in [0.29, 0.717) is 11.8 Å². The molecule has 1 unspecified atom stereocenters. The lowest BCUT2D eigenvalue weighted by atomic mass is 9.52. The van der Waals surface area contributed by atoms with Gasteiger partial charge in [0.05, 0.1) is 25.2 Å². The third-order valence-electron chi connectivity index (χ3n) is 16.9. The molecule has 12 rings (SSSR count). The minimum Gasteiger partial charge on any atom is -0.497 e. The van der Waals surface area contributed by atoms with Crippen LogP contribution in [0.25, 0.3) is 28.0 Å². The number of hydrogen-bond donors (Lipinski definition) is 0. The Balaban J connectivity index is 1.11. The second-order valence-corrected chi connectivity index (χ2v) is 23.7. The van der Waals surface area contributed by atoms with E-state index in [1.165, 1.54) is 120 Å². The van der Waals surface area contributed by atoms with Gasteiger partial charge in [0, 0.05) is 58.1 Å². The smallest absolute Gasteiger partial charge is 0.178 e. The number of morpholine rings is 1. The maximum absolute atomic E-state index is 8.06. The van der Waals surface area contributed by atoms with Gasteiger partial charge in [-0.3, -0.25) is 0 Å². The van der Waals surface area contributed by atoms with E-state index >= 15 is 0 Å². The van der Waals surface area contributed by atoms with Crippen molar-refractivity contribution in [2.75, 3.05) is 38.3 Å². The molecule has 65 heavy (non-hydrogen) atoms. The fourth-order valence-electron chi connectivity index (χ4n) is 14.9. The minimum absolute atomic E-state index is 0.143. The largest absolute Gasteiger partial charge is 0.497 e. The zero-order valence-corrected chi connectivity index (χ0v) is 40.2. The van der Waals surface area contributed by atoms with Gasteiger partial charge in [-0.15, -0.1) is 0 Å². The number of thioether (sulfide) groups is 1. The monoisotopic (exact) mass is 885 g/mol. The molecule has 3 saturated carbocycles. The van der Waals surface area contributed by atoms with Crippen molar-refractivity contribution in [3.8, 4) is 28.4 Å². The zero-order valence-electron chi connectivity index (χ0n) is 39.4. The summed E-state index contributed by atoms with van der Waals surface area (Å²) < 4.78 is 27.2. The Morgan fingerprint density at radius 3 is 1.95 bits per heavy atom. The number of rotatable bonds is 6. The summed E-state index contributed by atoms with van der Waals surface area (Å²) in [7, 11) is 1.74. The Kier molecular flexibility index (Phi) is 10.1. The molecule has 0 N–H and O–H groups in total. The van der Waals surface area contributed by atoms with Gasteiger partial charge in [0.1, 0.15) is 17.2 Å². The highest BCUT2D eigenvalue weighted by molar-refractivity contribution is 8.01. The van der Waals surface area contributed by atoms with Crippen molar-refractivity contribution in [1.82, 2.24) is 0 Å². The van der Waals surface area contributed by atoms with Gasteiger partial charge in [-0.2, -0.15) is 0 Å². The summed E-state index contributed by atoms with van der Waals surface area (Å²) in [6.45, 7) is 13.4. The molecule has 1 spiro atoms. The number of nitrogens with zero attached hydrogens (tertiary/aromatic N) is 1. The molecule has 4 aliphatic carbocycles. The third-order valence-corrected chi connectivity index (χ3v) is 18.5. The van der Waals surface area contributed by atoms with Crippen LogP contribution in [0.1, 0.15) is 139 Å². The van der Waals surface area contributed by atoms with Gasteiger partial charge in [0.25, 0.3) is 0 Å². The fourth-order valence-corrected chi connectivity index (χ4v) is 16.6. The molecule has 5 aromatic carbocycles. The van der Waals surface area contributed by atoms with Crippen LogP contribution in [0.3, 0.4) is 0 Å². The lowest BCUT2D eigenvalue weighted by molar-refractivity contribution is 0.0132. The molecule has 338 valence electrons. The normalized spacial score (nSPS) is 25.0. The zero-order chi connectivity index (χ0) is 44.2. The molecule has 1 atom stereocenters. The topological polar surface area (TPSA) is 40.2 Å². The second-order valence-electron chi connectivity index (χ2n) is 22.5. The van der Waals surface area contributed by atoms with Crippen LogP contribution in [0.2, 0.25) is 0 Å². The number of ether oxygens (including phenoxy) is 4. The number of hydrogen-bond acceptors (Lipinski definition) is 6. The summed E-state index contributed by atoms with van der Waals surface area (Å²) >= 11 is 2.09. The number of anilines is 1. The first kappa shape index (κ1) is 42.0. The van der Waals surface area contributed by atoms with Crippen LogP contribution in [-0.4, -0.2) is 38.3 Å². The molecule has 0 radical (unpaired) electrons. The molecule has 3 aliphatic heterocycles. The van der Waals surface area contributed by atoms with E-state index in [1.807, 2.05) is 0 Å². The highest BCUT2D eigenvalue weighted by Crippen LogP contribution is 2.68. The molecular formula is C59H67NO4S. The molecule has 4 fully saturated rings. The Labute approximate surface area is 391 Å². The standard InChI is InChI=1S/C59H67NO4S/c1-55(2)36-56(3,4)38-57(37-55)49-19-13-12-18-45(49)52-47-34-50-51(65-59(63-50,41-14-8-6-9-15-41)42-16-10-7-11-17-42)35-48(47)54-46(53(52)57)28-29-58(64-54,40-22-26-44(61-5)27-23-40)39-20-24-43(25-21-39)60-30-32-62-33-31-60/h12-13,18-29,34-35,41-42H,6-11,14-17,30-33,36-38H2,1-5H3. The van der Waals surface area contributed by atoms with E-state index in [-0.39, 0.29) is 21.2 Å². The molecule has 1 saturated heterocycles. The molecule has 0 aromatic heterocycles. The summed E-state index contributed by atoms with van der Waals surface area (Å²) in [6, 6.07) is 32.2. The number of methoxy groups -OCH3 is 1. The minimum atomic E-state index is -0.885. The van der Waals surface area contributed by atoms with Crippen molar-refractivity contribution in [3.05, 3.63) is 119 Å². The van der Waals surface area contributed by atoms with Crippen LogP contribution in [0.15, 0.2) is 95.9 Å². The van der Waals surface area contributed by atoms with E-state index in [4.69, 9.17) is 18.9 Å². The maximum Gasteiger partial charge on any atom is 0.178 e. The van der Waals surface area contributed by atoms with E-state index in [2.05, 4.69) is 141 Å². The fraction of sp³-hybridized carbons (Fsp3) is 0.492. The van der Waals surface area contributed by atoms with Gasteiger partial charge in [-0.25, -0.2) is 0 Å². The molecule has 0 amide bonds. The first-order chi connectivity index (χ1) is 31.5. The molecule has 3 heterocycles. The predicted octanol–water partition coefficient (Wildman–Crippen LogP) is 14.9. The molecule has 5 aromatic rings. The third kappa shape index (κ3) is 6.72. The first-order valence-corrected chi connectivity index (χ1v) is 26.0. The van der Waals surface area contributed by atoms with Gasteiger partial charge in [0.15, 0.2) is 10.5 Å². The van der Waals surface area contributed by atoms with Crippen molar-refractivity contribution in [3.63, 3.8) is 0 Å². The van der Waals surface area contributed by atoms with Crippen molar-refractivity contribution >= 4 is 34.3 Å². The first-order valence-electron chi connectivity index (χ1n) is 25.1. The molecule has 7 aliphatic rings. The number of benzene rings is 5. The van der Waals surface area contributed by atoms with Gasteiger partial charge in [-0.05, 0) is 126 Å². The summed E-state index contributed by atoms with van der Waals surface area (Å²) in [5, 5.41) is 2.47. The van der Waals surface area contributed by atoms with E-state index < -0.39 is 5.60 Å². The SMILES string of the molecule is COc1ccc(C2(c3ccc(N4CCOCC4)cc3)C=Cc3c4c(c5cc6c(cc5c3O2)SC(C2CCCCC2)(C2CCCCC2)O6)-c2ccccc2C42CC(C)(C)CC(C)(C)C2)cc1. The molecule has 0 bridgehead atoms. The van der Waals surface area contributed by atoms with Crippen molar-refractivity contribution in [1.29, 1.82) is 0 Å². The average Bonchev–Trinajstić information content (AvgIpc) is 3.84. The van der Waals surface area contributed by atoms with Gasteiger partial charge in [0.2, 0.25) is 0 Å². The summed E-state index contributed by atoms with van der Waals surface area (Å²) in [5.74, 6) is 4.06. The Hall–Kier alpha value is -4.39. The summed E-state index contributed by atoms with van der Waals surface area (Å²) in [4.78, 5) is 3.51. The van der Waals surface area contributed by atoms with E-state index in [1.54, 1.807) is 7.11 Å².